The predicted octanol–water partition coefficient (Wildman–Crippen LogP) is 3.03. The Morgan fingerprint density at radius 2 is 2.14 bits per heavy atom. The second-order valence-corrected chi connectivity index (χ2v) is 4.76. The number of hydrogen-bond acceptors (Lipinski definition) is 1. The van der Waals surface area contributed by atoms with Crippen molar-refractivity contribution in [1.82, 2.24) is 4.98 Å². The van der Waals surface area contributed by atoms with Gasteiger partial charge < -0.3 is 4.98 Å². The SMILES string of the molecule is O=c1c(I)c[nH]c2c(F)ccc(Br)c12. The molecule has 2 nitrogen and oxygen atoms in total. The molecule has 0 atom stereocenters. The number of rotatable bonds is 0. The molecular formula is C9H4BrFINO. The van der Waals surface area contributed by atoms with Gasteiger partial charge in [0.25, 0.3) is 0 Å². The minimum atomic E-state index is -0.420. The van der Waals surface area contributed by atoms with Crippen LogP contribution in [0.2, 0.25) is 0 Å². The molecule has 1 N–H and O–H groups in total. The Labute approximate surface area is 101 Å². The van der Waals surface area contributed by atoms with Crippen LogP contribution in [0.1, 0.15) is 0 Å². The molecule has 0 saturated heterocycles. The summed E-state index contributed by atoms with van der Waals surface area (Å²) >= 11 is 5.14. The second kappa shape index (κ2) is 3.62. The van der Waals surface area contributed by atoms with Gasteiger partial charge in [-0.25, -0.2) is 4.39 Å². The second-order valence-electron chi connectivity index (χ2n) is 2.74. The molecule has 0 spiro atoms. The van der Waals surface area contributed by atoms with Crippen LogP contribution in [0.15, 0.2) is 27.6 Å². The summed E-state index contributed by atoms with van der Waals surface area (Å²) in [6.45, 7) is 0. The molecule has 14 heavy (non-hydrogen) atoms. The number of hydrogen-bond donors (Lipinski definition) is 1. The van der Waals surface area contributed by atoms with E-state index in [2.05, 4.69) is 20.9 Å². The molecule has 0 bridgehead atoms. The third-order valence-electron chi connectivity index (χ3n) is 1.89. The van der Waals surface area contributed by atoms with Gasteiger partial charge in [-0.05, 0) is 50.7 Å². The summed E-state index contributed by atoms with van der Waals surface area (Å²) in [7, 11) is 0. The van der Waals surface area contributed by atoms with Gasteiger partial charge in [0.1, 0.15) is 5.82 Å². The average Bonchev–Trinajstić information content (AvgIpc) is 2.16. The van der Waals surface area contributed by atoms with Crippen molar-refractivity contribution >= 4 is 49.4 Å². The van der Waals surface area contributed by atoms with Gasteiger partial charge in [0.05, 0.1) is 14.5 Å². The summed E-state index contributed by atoms with van der Waals surface area (Å²) in [4.78, 5) is 14.4. The molecule has 72 valence electrons. The van der Waals surface area contributed by atoms with Gasteiger partial charge in [0.15, 0.2) is 0 Å². The average molecular weight is 368 g/mol. The van der Waals surface area contributed by atoms with Crippen LogP contribution >= 0.6 is 38.5 Å². The molecule has 0 unspecified atom stereocenters. The number of fused-ring (bicyclic) bond motifs is 1. The van der Waals surface area contributed by atoms with E-state index in [1.165, 1.54) is 18.3 Å². The Morgan fingerprint density at radius 3 is 2.86 bits per heavy atom. The number of pyridine rings is 1. The van der Waals surface area contributed by atoms with Crippen molar-refractivity contribution in [2.24, 2.45) is 0 Å². The van der Waals surface area contributed by atoms with Gasteiger partial charge in [-0.15, -0.1) is 0 Å². The first kappa shape index (κ1) is 10.1. The Kier molecular flexibility index (Phi) is 2.61. The molecule has 1 aromatic carbocycles. The minimum absolute atomic E-state index is 0.161. The topological polar surface area (TPSA) is 32.9 Å². The zero-order chi connectivity index (χ0) is 10.3. The third-order valence-corrected chi connectivity index (χ3v) is 3.35. The van der Waals surface area contributed by atoms with Crippen LogP contribution in [0, 0.1) is 9.39 Å². The number of halogens is 3. The lowest BCUT2D eigenvalue weighted by atomic mass is 10.2. The largest absolute Gasteiger partial charge is 0.358 e. The molecule has 5 heteroatoms. The van der Waals surface area contributed by atoms with Crippen molar-refractivity contribution in [1.29, 1.82) is 0 Å². The van der Waals surface area contributed by atoms with E-state index in [-0.39, 0.29) is 10.9 Å². The van der Waals surface area contributed by atoms with Crippen LogP contribution in [-0.2, 0) is 0 Å². The molecule has 0 aliphatic heterocycles. The van der Waals surface area contributed by atoms with E-state index in [4.69, 9.17) is 0 Å². The van der Waals surface area contributed by atoms with Gasteiger partial charge in [0.2, 0.25) is 5.43 Å². The van der Waals surface area contributed by atoms with Crippen molar-refractivity contribution in [3.8, 4) is 0 Å². The molecule has 0 radical (unpaired) electrons. The van der Waals surface area contributed by atoms with Crippen molar-refractivity contribution in [2.75, 3.05) is 0 Å². The number of benzene rings is 1. The van der Waals surface area contributed by atoms with Crippen molar-refractivity contribution in [2.45, 2.75) is 0 Å². The smallest absolute Gasteiger partial charge is 0.203 e. The Morgan fingerprint density at radius 1 is 1.43 bits per heavy atom. The van der Waals surface area contributed by atoms with Gasteiger partial charge in [-0.2, -0.15) is 0 Å². The zero-order valence-corrected chi connectivity index (χ0v) is 10.5. The molecule has 0 aliphatic rings. The summed E-state index contributed by atoms with van der Waals surface area (Å²) in [6.07, 6.45) is 1.50. The summed E-state index contributed by atoms with van der Waals surface area (Å²) < 4.78 is 14.4. The molecular weight excluding hydrogens is 364 g/mol. The highest BCUT2D eigenvalue weighted by molar-refractivity contribution is 14.1. The fourth-order valence-electron chi connectivity index (χ4n) is 1.24. The monoisotopic (exact) mass is 367 g/mol. The molecule has 2 rings (SSSR count). The molecule has 0 aliphatic carbocycles. The fourth-order valence-corrected chi connectivity index (χ4v) is 2.17. The van der Waals surface area contributed by atoms with E-state index >= 15 is 0 Å². The lowest BCUT2D eigenvalue weighted by Gasteiger charge is -2.01. The molecule has 1 heterocycles. The number of nitrogens with one attached hydrogen (secondary N) is 1. The van der Waals surface area contributed by atoms with E-state index < -0.39 is 5.82 Å². The molecule has 2 aromatic rings. The quantitative estimate of drug-likeness (QED) is 0.713. The van der Waals surface area contributed by atoms with Gasteiger partial charge in [-0.3, -0.25) is 4.79 Å². The third kappa shape index (κ3) is 1.48. The Hall–Kier alpha value is -0.430. The molecule has 0 saturated carbocycles. The first-order chi connectivity index (χ1) is 6.61. The van der Waals surface area contributed by atoms with E-state index in [1.54, 1.807) is 0 Å². The van der Waals surface area contributed by atoms with Gasteiger partial charge in [0, 0.05) is 10.7 Å². The van der Waals surface area contributed by atoms with Gasteiger partial charge in [-0.1, -0.05) is 0 Å². The highest BCUT2D eigenvalue weighted by Crippen LogP contribution is 2.22. The summed E-state index contributed by atoms with van der Waals surface area (Å²) in [5.74, 6) is -0.420. The lowest BCUT2D eigenvalue weighted by molar-refractivity contribution is 0.636. The first-order valence-corrected chi connectivity index (χ1v) is 5.63. The normalized spacial score (nSPS) is 10.8. The number of aromatic amines is 1. The maximum atomic E-state index is 13.3. The maximum absolute atomic E-state index is 13.3. The number of H-pyrrole nitrogens is 1. The van der Waals surface area contributed by atoms with Crippen LogP contribution in [0.5, 0.6) is 0 Å². The van der Waals surface area contributed by atoms with Crippen LogP contribution < -0.4 is 5.43 Å². The van der Waals surface area contributed by atoms with E-state index in [0.29, 0.717) is 13.4 Å². The van der Waals surface area contributed by atoms with E-state index in [0.717, 1.165) is 0 Å². The first-order valence-electron chi connectivity index (χ1n) is 3.76. The van der Waals surface area contributed by atoms with Crippen LogP contribution in [0.4, 0.5) is 4.39 Å². The molecule has 0 amide bonds. The van der Waals surface area contributed by atoms with E-state index in [1.807, 2.05) is 22.6 Å². The summed E-state index contributed by atoms with van der Waals surface area (Å²) in [5.41, 5.74) is 0.0792. The fraction of sp³-hybridized carbons (Fsp3) is 0. The van der Waals surface area contributed by atoms with Crippen LogP contribution in [0.25, 0.3) is 10.9 Å². The minimum Gasteiger partial charge on any atom is -0.358 e. The highest BCUT2D eigenvalue weighted by atomic mass is 127. The predicted molar refractivity (Wildman–Crippen MR) is 64.9 cm³/mol. The van der Waals surface area contributed by atoms with E-state index in [9.17, 15) is 9.18 Å². The highest BCUT2D eigenvalue weighted by Gasteiger charge is 2.09. The summed E-state index contributed by atoms with van der Waals surface area (Å²) in [6, 6.07) is 2.85. The maximum Gasteiger partial charge on any atom is 0.203 e. The van der Waals surface area contributed by atoms with Gasteiger partial charge >= 0.3 is 0 Å². The van der Waals surface area contributed by atoms with Crippen molar-refractivity contribution in [3.63, 3.8) is 0 Å². The number of aromatic nitrogens is 1. The molecule has 0 fully saturated rings. The Bertz CT molecular complexity index is 566. The standard InChI is InChI=1S/C9H4BrFINO/c10-4-1-2-5(11)8-7(4)9(14)6(12)3-13-8/h1-3H,(H,13,14). The summed E-state index contributed by atoms with van der Waals surface area (Å²) in [5, 5.41) is 0.358. The molecule has 1 aromatic heterocycles. The zero-order valence-electron chi connectivity index (χ0n) is 6.77. The van der Waals surface area contributed by atoms with Crippen LogP contribution in [0.3, 0.4) is 0 Å². The van der Waals surface area contributed by atoms with Crippen LogP contribution in [-0.4, -0.2) is 4.98 Å². The Balaban J connectivity index is 3.09. The lowest BCUT2D eigenvalue weighted by Crippen LogP contribution is -2.07. The van der Waals surface area contributed by atoms with Crippen molar-refractivity contribution < 1.29 is 4.39 Å². The van der Waals surface area contributed by atoms with Crippen molar-refractivity contribution in [3.05, 3.63) is 42.4 Å².